The van der Waals surface area contributed by atoms with Crippen molar-refractivity contribution in [2.24, 2.45) is 0 Å². The molecule has 2 aromatic rings. The van der Waals surface area contributed by atoms with Crippen molar-refractivity contribution in [3.8, 4) is 0 Å². The van der Waals surface area contributed by atoms with Gasteiger partial charge in [-0.1, -0.05) is 35.9 Å². The molecule has 9 heteroatoms. The summed E-state index contributed by atoms with van der Waals surface area (Å²) in [6.45, 7) is 1.70. The highest BCUT2D eigenvalue weighted by molar-refractivity contribution is 8.18. The van der Waals surface area contributed by atoms with E-state index < -0.39 is 28.8 Å². The number of nitrogens with one attached hydrogen (secondary N) is 2. The number of hydrogen-bond acceptors (Lipinski definition) is 5. The molecule has 3 rings (SSSR count). The number of rotatable bonds is 7. The maximum Gasteiger partial charge on any atom is 0.293 e. The number of hydrogen-bond donors (Lipinski definition) is 2. The highest BCUT2D eigenvalue weighted by Gasteiger charge is 2.34. The van der Waals surface area contributed by atoms with Crippen molar-refractivity contribution >= 4 is 40.8 Å². The minimum absolute atomic E-state index is 0.0134. The van der Waals surface area contributed by atoms with Gasteiger partial charge in [0.2, 0.25) is 5.91 Å². The van der Waals surface area contributed by atoms with E-state index in [0.717, 1.165) is 33.9 Å². The van der Waals surface area contributed by atoms with Gasteiger partial charge in [0.15, 0.2) is 0 Å². The summed E-state index contributed by atoms with van der Waals surface area (Å²) in [7, 11) is 0. The van der Waals surface area contributed by atoms with E-state index in [0.29, 0.717) is 4.91 Å². The minimum Gasteiger partial charge on any atom is -0.353 e. The zero-order valence-corrected chi connectivity index (χ0v) is 17.5. The van der Waals surface area contributed by atoms with Gasteiger partial charge < -0.3 is 10.6 Å². The molecule has 1 aliphatic heterocycles. The Labute approximate surface area is 182 Å². The summed E-state index contributed by atoms with van der Waals surface area (Å²) in [5.74, 6) is -2.04. The van der Waals surface area contributed by atoms with Gasteiger partial charge in [-0.3, -0.25) is 24.1 Å². The van der Waals surface area contributed by atoms with Crippen LogP contribution in [0.3, 0.4) is 0 Å². The third-order valence-corrected chi connectivity index (χ3v) is 5.31. The van der Waals surface area contributed by atoms with Crippen molar-refractivity contribution in [1.82, 2.24) is 15.5 Å². The molecule has 0 aliphatic carbocycles. The molecule has 0 spiro atoms. The zero-order chi connectivity index (χ0) is 22.4. The first-order valence-electron chi connectivity index (χ1n) is 9.46. The quantitative estimate of drug-likeness (QED) is 0.645. The maximum absolute atomic E-state index is 13.1. The van der Waals surface area contributed by atoms with Crippen LogP contribution in [0.1, 0.15) is 21.5 Å². The van der Waals surface area contributed by atoms with Crippen LogP contribution in [-0.4, -0.2) is 47.5 Å². The van der Waals surface area contributed by atoms with Crippen LogP contribution in [0.4, 0.5) is 9.18 Å². The normalized spacial score (nSPS) is 14.8. The van der Waals surface area contributed by atoms with Crippen LogP contribution < -0.4 is 10.6 Å². The molecule has 1 fully saturated rings. The molecule has 1 saturated heterocycles. The van der Waals surface area contributed by atoms with Crippen LogP contribution in [0, 0.1) is 12.7 Å². The van der Waals surface area contributed by atoms with Crippen LogP contribution in [0.5, 0.6) is 0 Å². The van der Waals surface area contributed by atoms with Gasteiger partial charge in [0, 0.05) is 18.7 Å². The summed E-state index contributed by atoms with van der Waals surface area (Å²) < 4.78 is 13.1. The minimum atomic E-state index is -0.582. The van der Waals surface area contributed by atoms with Gasteiger partial charge in [-0.05, 0) is 48.5 Å². The SMILES string of the molecule is Cc1ccc(/C=C2/SC(=O)N(CCNC(=O)CNC(=O)c3cccc(F)c3)C2=O)cc1. The third kappa shape index (κ3) is 6.02. The van der Waals surface area contributed by atoms with Crippen molar-refractivity contribution in [3.05, 3.63) is 75.9 Å². The number of carbonyl (C=O) groups excluding carboxylic acids is 4. The summed E-state index contributed by atoms with van der Waals surface area (Å²) in [5, 5.41) is 4.51. The van der Waals surface area contributed by atoms with Crippen LogP contribution >= 0.6 is 11.8 Å². The Morgan fingerprint density at radius 3 is 2.55 bits per heavy atom. The first kappa shape index (κ1) is 22.2. The number of nitrogens with zero attached hydrogens (tertiary/aromatic N) is 1. The molecular formula is C22H20FN3O4S. The topological polar surface area (TPSA) is 95.6 Å². The highest BCUT2D eigenvalue weighted by Crippen LogP contribution is 2.31. The Bertz CT molecular complexity index is 1050. The van der Waals surface area contributed by atoms with Crippen LogP contribution in [0.25, 0.3) is 6.08 Å². The van der Waals surface area contributed by atoms with Gasteiger partial charge in [-0.25, -0.2) is 4.39 Å². The summed E-state index contributed by atoms with van der Waals surface area (Å²) in [6, 6.07) is 12.7. The van der Waals surface area contributed by atoms with Crippen LogP contribution in [0.2, 0.25) is 0 Å². The lowest BCUT2D eigenvalue weighted by Gasteiger charge is -2.13. The second kappa shape index (κ2) is 10.0. The van der Waals surface area contributed by atoms with E-state index in [1.54, 1.807) is 6.08 Å². The number of thioether (sulfide) groups is 1. The van der Waals surface area contributed by atoms with Gasteiger partial charge in [-0.2, -0.15) is 0 Å². The second-order valence-corrected chi connectivity index (χ2v) is 7.78. The van der Waals surface area contributed by atoms with Crippen LogP contribution in [0.15, 0.2) is 53.4 Å². The van der Waals surface area contributed by atoms with Gasteiger partial charge in [0.25, 0.3) is 17.1 Å². The zero-order valence-electron chi connectivity index (χ0n) is 16.7. The van der Waals surface area contributed by atoms with Crippen molar-refractivity contribution in [3.63, 3.8) is 0 Å². The summed E-state index contributed by atoms with van der Waals surface area (Å²) in [5.41, 5.74) is 2.01. The summed E-state index contributed by atoms with van der Waals surface area (Å²) in [6.07, 6.45) is 1.66. The fourth-order valence-corrected chi connectivity index (χ4v) is 3.63. The standard InChI is InChI=1S/C22H20FN3O4S/c1-14-5-7-15(8-6-14)11-18-21(29)26(22(30)31-18)10-9-24-19(27)13-25-20(28)16-3-2-4-17(23)12-16/h2-8,11-12H,9-10,13H2,1H3,(H,24,27)(H,25,28)/b18-11+. The molecule has 0 atom stereocenters. The summed E-state index contributed by atoms with van der Waals surface area (Å²) in [4.78, 5) is 49.8. The smallest absolute Gasteiger partial charge is 0.293 e. The molecular weight excluding hydrogens is 421 g/mol. The van der Waals surface area contributed by atoms with Crippen molar-refractivity contribution < 1.29 is 23.6 Å². The Morgan fingerprint density at radius 2 is 1.84 bits per heavy atom. The van der Waals surface area contributed by atoms with Crippen molar-refractivity contribution in [2.45, 2.75) is 6.92 Å². The van der Waals surface area contributed by atoms with E-state index in [-0.39, 0.29) is 25.2 Å². The molecule has 2 aromatic carbocycles. The average molecular weight is 441 g/mol. The van der Waals surface area contributed by atoms with E-state index in [4.69, 9.17) is 0 Å². The number of benzene rings is 2. The number of aryl methyl sites for hydroxylation is 1. The fourth-order valence-electron chi connectivity index (χ4n) is 2.77. The molecule has 0 bridgehead atoms. The number of amides is 4. The van der Waals surface area contributed by atoms with Gasteiger partial charge in [0.05, 0.1) is 11.4 Å². The van der Waals surface area contributed by atoms with Crippen molar-refractivity contribution in [1.29, 1.82) is 0 Å². The molecule has 0 radical (unpaired) electrons. The molecule has 160 valence electrons. The lowest BCUT2D eigenvalue weighted by molar-refractivity contribution is -0.124. The molecule has 7 nitrogen and oxygen atoms in total. The number of imide groups is 1. The molecule has 4 amide bonds. The Morgan fingerprint density at radius 1 is 1.10 bits per heavy atom. The molecule has 1 heterocycles. The number of carbonyl (C=O) groups is 4. The van der Waals surface area contributed by atoms with E-state index in [9.17, 15) is 23.6 Å². The second-order valence-electron chi connectivity index (χ2n) is 6.79. The molecule has 0 aromatic heterocycles. The number of halogens is 1. The van der Waals surface area contributed by atoms with E-state index >= 15 is 0 Å². The highest BCUT2D eigenvalue weighted by atomic mass is 32.2. The first-order chi connectivity index (χ1) is 14.8. The lowest BCUT2D eigenvalue weighted by atomic mass is 10.1. The average Bonchev–Trinajstić information content (AvgIpc) is 3.01. The predicted molar refractivity (Wildman–Crippen MR) is 116 cm³/mol. The van der Waals surface area contributed by atoms with E-state index in [2.05, 4.69) is 10.6 Å². The molecule has 0 unspecified atom stereocenters. The molecule has 1 aliphatic rings. The third-order valence-electron chi connectivity index (χ3n) is 4.40. The van der Waals surface area contributed by atoms with Crippen molar-refractivity contribution in [2.75, 3.05) is 19.6 Å². The lowest BCUT2D eigenvalue weighted by Crippen LogP contribution is -2.41. The Hall–Kier alpha value is -3.46. The molecule has 2 N–H and O–H groups in total. The Balaban J connectivity index is 1.46. The first-order valence-corrected chi connectivity index (χ1v) is 10.3. The van der Waals surface area contributed by atoms with Gasteiger partial charge in [0.1, 0.15) is 5.82 Å². The monoisotopic (exact) mass is 441 g/mol. The van der Waals surface area contributed by atoms with E-state index in [1.165, 1.54) is 18.2 Å². The van der Waals surface area contributed by atoms with E-state index in [1.807, 2.05) is 31.2 Å². The fraction of sp³-hybridized carbons (Fsp3) is 0.182. The van der Waals surface area contributed by atoms with Gasteiger partial charge in [-0.15, -0.1) is 0 Å². The Kier molecular flexibility index (Phi) is 7.19. The largest absolute Gasteiger partial charge is 0.353 e. The van der Waals surface area contributed by atoms with Crippen LogP contribution in [-0.2, 0) is 9.59 Å². The van der Waals surface area contributed by atoms with Gasteiger partial charge >= 0.3 is 0 Å². The summed E-state index contributed by atoms with van der Waals surface area (Å²) >= 11 is 0.851. The molecule has 0 saturated carbocycles. The predicted octanol–water partition coefficient (Wildman–Crippen LogP) is 2.72. The molecule has 31 heavy (non-hydrogen) atoms. The maximum atomic E-state index is 13.1.